The van der Waals surface area contributed by atoms with Gasteiger partial charge in [-0.2, -0.15) is 0 Å². The first kappa shape index (κ1) is 18.6. The SMILES string of the molecule is NC1CCC(NS(=O)(=O)c2ccc(OC3CCOCC3)c(F)c2)CC1. The summed E-state index contributed by atoms with van der Waals surface area (Å²) in [5, 5.41) is 0. The maximum Gasteiger partial charge on any atom is 0.240 e. The van der Waals surface area contributed by atoms with E-state index in [-0.39, 0.29) is 28.8 Å². The number of hydrogen-bond donors (Lipinski definition) is 2. The van der Waals surface area contributed by atoms with Crippen molar-refractivity contribution in [2.75, 3.05) is 13.2 Å². The highest BCUT2D eigenvalue weighted by molar-refractivity contribution is 7.89. The normalized spacial score (nSPS) is 25.7. The molecule has 6 nitrogen and oxygen atoms in total. The lowest BCUT2D eigenvalue weighted by Crippen LogP contribution is -2.40. The average Bonchev–Trinajstić information content (AvgIpc) is 2.59. The molecule has 0 spiro atoms. The molecule has 0 bridgehead atoms. The third-order valence-electron chi connectivity index (χ3n) is 4.77. The molecule has 3 N–H and O–H groups in total. The van der Waals surface area contributed by atoms with Gasteiger partial charge in [0.25, 0.3) is 0 Å². The first-order valence-electron chi connectivity index (χ1n) is 8.76. The summed E-state index contributed by atoms with van der Waals surface area (Å²) in [7, 11) is -3.76. The van der Waals surface area contributed by atoms with Crippen LogP contribution in [0.2, 0.25) is 0 Å². The molecule has 0 aromatic heterocycles. The van der Waals surface area contributed by atoms with Crippen LogP contribution in [0.5, 0.6) is 5.75 Å². The fourth-order valence-electron chi connectivity index (χ4n) is 3.24. The first-order valence-corrected chi connectivity index (χ1v) is 10.2. The van der Waals surface area contributed by atoms with E-state index in [0.29, 0.717) is 38.9 Å². The maximum atomic E-state index is 14.3. The summed E-state index contributed by atoms with van der Waals surface area (Å²) in [5.74, 6) is -0.588. The molecule has 0 unspecified atom stereocenters. The van der Waals surface area contributed by atoms with Crippen LogP contribution in [0.25, 0.3) is 0 Å². The lowest BCUT2D eigenvalue weighted by Gasteiger charge is -2.26. The van der Waals surface area contributed by atoms with Crippen molar-refractivity contribution in [1.82, 2.24) is 4.72 Å². The first-order chi connectivity index (χ1) is 11.9. The second-order valence-corrected chi connectivity index (χ2v) is 8.47. The van der Waals surface area contributed by atoms with Gasteiger partial charge in [-0.25, -0.2) is 17.5 Å². The lowest BCUT2D eigenvalue weighted by atomic mass is 9.93. The highest BCUT2D eigenvalue weighted by Gasteiger charge is 2.25. The van der Waals surface area contributed by atoms with E-state index in [1.807, 2.05) is 0 Å². The molecule has 1 aliphatic carbocycles. The van der Waals surface area contributed by atoms with Gasteiger partial charge in [-0.3, -0.25) is 0 Å². The predicted octanol–water partition coefficient (Wildman–Crippen LogP) is 1.93. The van der Waals surface area contributed by atoms with Gasteiger partial charge in [0.2, 0.25) is 10.0 Å². The summed E-state index contributed by atoms with van der Waals surface area (Å²) in [6.07, 6.45) is 4.28. The summed E-state index contributed by atoms with van der Waals surface area (Å²) in [6.45, 7) is 1.18. The van der Waals surface area contributed by atoms with Gasteiger partial charge in [-0.15, -0.1) is 0 Å². The van der Waals surface area contributed by atoms with Crippen molar-refractivity contribution in [2.45, 2.75) is 61.6 Å². The van der Waals surface area contributed by atoms with E-state index in [1.54, 1.807) is 0 Å². The summed E-state index contributed by atoms with van der Waals surface area (Å²) < 4.78 is 52.8. The highest BCUT2D eigenvalue weighted by atomic mass is 32.2. The number of nitrogens with one attached hydrogen (secondary N) is 1. The Morgan fingerprint density at radius 1 is 1.12 bits per heavy atom. The standard InChI is InChI=1S/C17H25FN2O4S/c18-16-11-15(5-6-17(16)24-14-7-9-23-10-8-14)25(21,22)20-13-3-1-12(19)2-4-13/h5-6,11-14,20H,1-4,7-10,19H2. The molecule has 2 aliphatic rings. The summed E-state index contributed by atoms with van der Waals surface area (Å²) >= 11 is 0. The Hall–Kier alpha value is -1.22. The average molecular weight is 372 g/mol. The number of ether oxygens (including phenoxy) is 2. The third-order valence-corrected chi connectivity index (χ3v) is 6.29. The number of hydrogen-bond acceptors (Lipinski definition) is 5. The van der Waals surface area contributed by atoms with Gasteiger partial charge in [-0.1, -0.05) is 0 Å². The van der Waals surface area contributed by atoms with Crippen LogP contribution in [0.15, 0.2) is 23.1 Å². The molecular weight excluding hydrogens is 347 g/mol. The molecule has 140 valence electrons. The zero-order chi connectivity index (χ0) is 17.9. The molecule has 0 amide bonds. The lowest BCUT2D eigenvalue weighted by molar-refractivity contribution is 0.0240. The predicted molar refractivity (Wildman–Crippen MR) is 91.4 cm³/mol. The van der Waals surface area contributed by atoms with Crippen LogP contribution >= 0.6 is 0 Å². The highest BCUT2D eigenvalue weighted by Crippen LogP contribution is 2.25. The number of sulfonamides is 1. The van der Waals surface area contributed by atoms with E-state index in [0.717, 1.165) is 18.9 Å². The Morgan fingerprint density at radius 2 is 1.80 bits per heavy atom. The van der Waals surface area contributed by atoms with E-state index >= 15 is 0 Å². The molecular formula is C17H25FN2O4S. The van der Waals surface area contributed by atoms with Gasteiger partial charge in [0.05, 0.1) is 18.1 Å². The zero-order valence-corrected chi connectivity index (χ0v) is 14.9. The van der Waals surface area contributed by atoms with Crippen molar-refractivity contribution in [3.8, 4) is 5.75 Å². The minimum atomic E-state index is -3.76. The Morgan fingerprint density at radius 3 is 2.44 bits per heavy atom. The fraction of sp³-hybridized carbons (Fsp3) is 0.647. The van der Waals surface area contributed by atoms with Crippen LogP contribution in [0.3, 0.4) is 0 Å². The van der Waals surface area contributed by atoms with Crippen molar-refractivity contribution < 1.29 is 22.3 Å². The van der Waals surface area contributed by atoms with Gasteiger partial charge < -0.3 is 15.2 Å². The minimum absolute atomic E-state index is 0.0782. The summed E-state index contributed by atoms with van der Waals surface area (Å²) in [5.41, 5.74) is 5.84. The molecule has 2 fully saturated rings. The van der Waals surface area contributed by atoms with E-state index in [4.69, 9.17) is 15.2 Å². The van der Waals surface area contributed by atoms with Crippen molar-refractivity contribution in [2.24, 2.45) is 5.73 Å². The Balaban J connectivity index is 1.66. The number of nitrogens with two attached hydrogens (primary N) is 1. The second-order valence-electron chi connectivity index (χ2n) is 6.75. The Bertz CT molecular complexity index is 684. The van der Waals surface area contributed by atoms with Crippen molar-refractivity contribution in [1.29, 1.82) is 0 Å². The van der Waals surface area contributed by atoms with Crippen molar-refractivity contribution in [3.63, 3.8) is 0 Å². The van der Waals surface area contributed by atoms with Gasteiger partial charge in [0.1, 0.15) is 6.10 Å². The molecule has 1 heterocycles. The molecule has 1 saturated heterocycles. The van der Waals surface area contributed by atoms with Gasteiger partial charge in [0.15, 0.2) is 11.6 Å². The number of rotatable bonds is 5. The van der Waals surface area contributed by atoms with E-state index in [9.17, 15) is 12.8 Å². The van der Waals surface area contributed by atoms with Crippen LogP contribution in [-0.2, 0) is 14.8 Å². The molecule has 0 atom stereocenters. The van der Waals surface area contributed by atoms with Crippen molar-refractivity contribution in [3.05, 3.63) is 24.0 Å². The van der Waals surface area contributed by atoms with Crippen LogP contribution in [0.1, 0.15) is 38.5 Å². The minimum Gasteiger partial charge on any atom is -0.487 e. The van der Waals surface area contributed by atoms with Gasteiger partial charge in [0, 0.05) is 24.9 Å². The zero-order valence-electron chi connectivity index (χ0n) is 14.1. The molecule has 8 heteroatoms. The molecule has 3 rings (SSSR count). The van der Waals surface area contributed by atoms with Gasteiger partial charge in [-0.05, 0) is 43.9 Å². The molecule has 1 aromatic carbocycles. The smallest absolute Gasteiger partial charge is 0.240 e. The number of halogens is 1. The van der Waals surface area contributed by atoms with E-state index in [2.05, 4.69) is 4.72 Å². The monoisotopic (exact) mass is 372 g/mol. The van der Waals surface area contributed by atoms with Crippen LogP contribution in [0.4, 0.5) is 4.39 Å². The second kappa shape index (κ2) is 7.99. The Kier molecular flexibility index (Phi) is 5.93. The van der Waals surface area contributed by atoms with Gasteiger partial charge >= 0.3 is 0 Å². The molecule has 0 radical (unpaired) electrons. The summed E-state index contributed by atoms with van der Waals surface area (Å²) in [4.78, 5) is -0.0841. The molecule has 1 aromatic rings. The fourth-order valence-corrected chi connectivity index (χ4v) is 4.56. The van der Waals surface area contributed by atoms with Crippen molar-refractivity contribution >= 4 is 10.0 Å². The topological polar surface area (TPSA) is 90.7 Å². The van der Waals surface area contributed by atoms with E-state index < -0.39 is 15.8 Å². The van der Waals surface area contributed by atoms with E-state index in [1.165, 1.54) is 12.1 Å². The maximum absolute atomic E-state index is 14.3. The summed E-state index contributed by atoms with van der Waals surface area (Å²) in [6, 6.07) is 3.78. The third kappa shape index (κ3) is 4.91. The van der Waals surface area contributed by atoms with Crippen LogP contribution in [0, 0.1) is 5.82 Å². The molecule has 25 heavy (non-hydrogen) atoms. The quantitative estimate of drug-likeness (QED) is 0.824. The molecule has 1 saturated carbocycles. The number of benzene rings is 1. The molecule has 1 aliphatic heterocycles. The largest absolute Gasteiger partial charge is 0.487 e. The van der Waals surface area contributed by atoms with Crippen LogP contribution in [-0.4, -0.2) is 39.8 Å². The Labute approximate surface area is 147 Å². The van der Waals surface area contributed by atoms with Crippen LogP contribution < -0.4 is 15.2 Å².